The number of hydrogen-bond acceptors (Lipinski definition) is 8. The second kappa shape index (κ2) is 8.80. The van der Waals surface area contributed by atoms with Crippen LogP contribution in [0.4, 0.5) is 0 Å². The van der Waals surface area contributed by atoms with Crippen LogP contribution in [0.5, 0.6) is 0 Å². The fraction of sp³-hybridized carbons (Fsp3) is 0.667. The van der Waals surface area contributed by atoms with Gasteiger partial charge in [0.05, 0.1) is 19.6 Å². The van der Waals surface area contributed by atoms with Crippen molar-refractivity contribution >= 4 is 41.3 Å². The van der Waals surface area contributed by atoms with Gasteiger partial charge in [-0.05, 0) is 13.8 Å². The first-order chi connectivity index (χ1) is 11.7. The maximum absolute atomic E-state index is 12.1. The summed E-state index contributed by atoms with van der Waals surface area (Å²) >= 11 is 6.16. The van der Waals surface area contributed by atoms with E-state index in [1.165, 1.54) is 20.8 Å². The van der Waals surface area contributed by atoms with E-state index in [4.69, 9.17) is 25.9 Å². The molecule has 2 amide bonds. The third-order valence-corrected chi connectivity index (χ3v) is 4.18. The first-order valence-electron chi connectivity index (χ1n) is 7.78. The van der Waals surface area contributed by atoms with Crippen LogP contribution in [0.15, 0.2) is 0 Å². The summed E-state index contributed by atoms with van der Waals surface area (Å²) in [6, 6.07) is 0. The fourth-order valence-corrected chi connectivity index (χ4v) is 2.33. The lowest BCUT2D eigenvalue weighted by Gasteiger charge is -2.28. The van der Waals surface area contributed by atoms with Gasteiger partial charge in [0.1, 0.15) is 0 Å². The number of carbonyl (C=O) groups excluding carboxylic acids is 5. The molecule has 0 aromatic rings. The molecule has 0 aliphatic carbocycles. The number of ether oxygens (including phenoxy) is 2. The van der Waals surface area contributed by atoms with E-state index in [-0.39, 0.29) is 26.1 Å². The van der Waals surface area contributed by atoms with Crippen LogP contribution in [0.2, 0.25) is 0 Å². The third kappa shape index (κ3) is 4.68. The molecule has 1 atom stereocenters. The smallest absolute Gasteiger partial charge is 0.339 e. The molecule has 0 bridgehead atoms. The summed E-state index contributed by atoms with van der Waals surface area (Å²) in [5.41, 5.74) is 0. The lowest BCUT2D eigenvalue weighted by molar-refractivity contribution is -0.198. The zero-order valence-electron chi connectivity index (χ0n) is 14.2. The first-order valence-corrected chi connectivity index (χ1v) is 8.16. The molecule has 1 saturated heterocycles. The Labute approximate surface area is 149 Å². The van der Waals surface area contributed by atoms with Gasteiger partial charge >= 0.3 is 17.9 Å². The number of imide groups is 1. The molecule has 1 unspecified atom stereocenters. The van der Waals surface area contributed by atoms with Gasteiger partial charge in [-0.2, -0.15) is 0 Å². The summed E-state index contributed by atoms with van der Waals surface area (Å²) in [5, 5.41) is 0.375. The normalized spacial score (nSPS) is 15.8. The number of alkyl halides is 1. The molecule has 0 aromatic carbocycles. The van der Waals surface area contributed by atoms with Crippen molar-refractivity contribution < 1.29 is 38.3 Å². The highest BCUT2D eigenvalue weighted by atomic mass is 35.5. The monoisotopic (exact) mass is 377 g/mol. The minimum Gasteiger partial charge on any atom is -0.464 e. The van der Waals surface area contributed by atoms with Crippen molar-refractivity contribution in [1.82, 2.24) is 5.06 Å². The topological polar surface area (TPSA) is 116 Å². The molecule has 1 aliphatic rings. The number of rotatable bonds is 8. The van der Waals surface area contributed by atoms with Crippen molar-refractivity contribution in [2.75, 3.05) is 13.2 Å². The van der Waals surface area contributed by atoms with Gasteiger partial charge in [-0.3, -0.25) is 9.59 Å². The maximum atomic E-state index is 12.1. The van der Waals surface area contributed by atoms with Gasteiger partial charge in [-0.15, -0.1) is 5.06 Å². The summed E-state index contributed by atoms with van der Waals surface area (Å²) in [6.45, 7) is 4.37. The Bertz CT molecular complexity index is 542. The number of hydroxylamine groups is 2. The molecule has 1 aliphatic heterocycles. The molecular weight excluding hydrogens is 358 g/mol. The molecule has 0 aromatic heterocycles. The van der Waals surface area contributed by atoms with Crippen LogP contribution in [0.25, 0.3) is 0 Å². The molecule has 10 heteroatoms. The second-order valence-corrected chi connectivity index (χ2v) is 5.90. The minimum atomic E-state index is -2.25. The lowest BCUT2D eigenvalue weighted by Crippen LogP contribution is -2.50. The predicted molar refractivity (Wildman–Crippen MR) is 82.8 cm³/mol. The quantitative estimate of drug-likeness (QED) is 0.263. The Morgan fingerprint density at radius 2 is 1.52 bits per heavy atom. The van der Waals surface area contributed by atoms with E-state index in [2.05, 4.69) is 0 Å². The Hall–Kier alpha value is -2.16. The van der Waals surface area contributed by atoms with Gasteiger partial charge in [0.15, 0.2) is 0 Å². The largest absolute Gasteiger partial charge is 0.464 e. The van der Waals surface area contributed by atoms with Crippen LogP contribution in [-0.4, -0.2) is 52.9 Å². The predicted octanol–water partition coefficient (Wildman–Crippen LogP) is 0.724. The summed E-state index contributed by atoms with van der Waals surface area (Å²) < 4.78 is 9.60. The van der Waals surface area contributed by atoms with Gasteiger partial charge in [0.25, 0.3) is 11.8 Å². The maximum Gasteiger partial charge on any atom is 0.339 e. The van der Waals surface area contributed by atoms with Crippen molar-refractivity contribution in [2.45, 2.75) is 44.9 Å². The van der Waals surface area contributed by atoms with E-state index in [0.29, 0.717) is 5.06 Å². The fourth-order valence-electron chi connectivity index (χ4n) is 2.15. The highest BCUT2D eigenvalue weighted by Crippen LogP contribution is 2.32. The molecule has 1 rings (SSSR count). The second-order valence-electron chi connectivity index (χ2n) is 5.30. The average molecular weight is 378 g/mol. The molecule has 9 nitrogen and oxygen atoms in total. The third-order valence-electron chi connectivity index (χ3n) is 3.50. The molecule has 0 spiro atoms. The lowest BCUT2D eigenvalue weighted by atomic mass is 9.90. The number of hydrogen-bond donors (Lipinski definition) is 0. The molecule has 0 N–H and O–H groups in total. The van der Waals surface area contributed by atoms with E-state index < -0.39 is 46.9 Å². The Kier molecular flexibility index (Phi) is 7.35. The van der Waals surface area contributed by atoms with E-state index in [1.54, 1.807) is 0 Å². The number of amides is 2. The molecule has 1 fully saturated rings. The van der Waals surface area contributed by atoms with E-state index in [9.17, 15) is 24.0 Å². The minimum absolute atomic E-state index is 0.0271. The van der Waals surface area contributed by atoms with Crippen LogP contribution in [-0.2, 0) is 38.3 Å². The summed E-state index contributed by atoms with van der Waals surface area (Å²) in [6.07, 6.45) is -0.613. The summed E-state index contributed by atoms with van der Waals surface area (Å²) in [4.78, 5) is 61.6. The first kappa shape index (κ1) is 20.9. The van der Waals surface area contributed by atoms with Crippen LogP contribution in [0, 0.1) is 5.92 Å². The van der Waals surface area contributed by atoms with Gasteiger partial charge < -0.3 is 14.3 Å². The van der Waals surface area contributed by atoms with Crippen LogP contribution >= 0.6 is 11.6 Å². The van der Waals surface area contributed by atoms with Crippen LogP contribution < -0.4 is 0 Å². The molecule has 0 saturated carbocycles. The average Bonchev–Trinajstić information content (AvgIpc) is 2.86. The summed E-state index contributed by atoms with van der Waals surface area (Å²) in [7, 11) is 0. The van der Waals surface area contributed by atoms with Crippen molar-refractivity contribution in [3.63, 3.8) is 0 Å². The van der Waals surface area contributed by atoms with Gasteiger partial charge in [0.2, 0.25) is 4.87 Å². The van der Waals surface area contributed by atoms with E-state index in [1.807, 2.05) is 0 Å². The molecule has 140 valence electrons. The molecular formula is C15H20ClNO8. The van der Waals surface area contributed by atoms with Gasteiger partial charge in [-0.1, -0.05) is 18.5 Å². The Balaban J connectivity index is 2.86. The Morgan fingerprint density at radius 3 is 1.92 bits per heavy atom. The SMILES string of the molecule is CCOC(=O)C(Cl)(C(=O)OCC)C(C)CC(=O)ON1C(=O)CCC1=O. The molecule has 25 heavy (non-hydrogen) atoms. The number of carbonyl (C=O) groups is 5. The zero-order valence-corrected chi connectivity index (χ0v) is 15.0. The zero-order chi connectivity index (χ0) is 19.2. The summed E-state index contributed by atoms with van der Waals surface area (Å²) in [5.74, 6) is -5.45. The van der Waals surface area contributed by atoms with Crippen LogP contribution in [0.3, 0.4) is 0 Å². The molecule has 0 radical (unpaired) electrons. The van der Waals surface area contributed by atoms with Crippen LogP contribution in [0.1, 0.15) is 40.0 Å². The van der Waals surface area contributed by atoms with Crippen molar-refractivity contribution in [1.29, 1.82) is 0 Å². The molecule has 1 heterocycles. The number of halogens is 1. The Morgan fingerprint density at radius 1 is 1.08 bits per heavy atom. The number of nitrogens with zero attached hydrogens (tertiary/aromatic N) is 1. The standard InChI is InChI=1S/C15H20ClNO8/c1-4-23-13(21)15(16,14(22)24-5-2)9(3)8-12(20)25-17-10(18)6-7-11(17)19/h9H,4-8H2,1-3H3. The highest BCUT2D eigenvalue weighted by Gasteiger charge is 2.53. The van der Waals surface area contributed by atoms with Gasteiger partial charge in [0, 0.05) is 18.8 Å². The van der Waals surface area contributed by atoms with Gasteiger partial charge in [-0.25, -0.2) is 14.4 Å². The number of esters is 2. The highest BCUT2D eigenvalue weighted by molar-refractivity contribution is 6.45. The van der Waals surface area contributed by atoms with Crippen molar-refractivity contribution in [2.24, 2.45) is 5.92 Å². The van der Waals surface area contributed by atoms with E-state index >= 15 is 0 Å². The van der Waals surface area contributed by atoms with E-state index in [0.717, 1.165) is 0 Å². The van der Waals surface area contributed by atoms with Crippen molar-refractivity contribution in [3.8, 4) is 0 Å². The van der Waals surface area contributed by atoms with Crippen molar-refractivity contribution in [3.05, 3.63) is 0 Å².